The first-order valence-corrected chi connectivity index (χ1v) is 19.3. The zero-order valence-electron chi connectivity index (χ0n) is 32.4. The first-order chi connectivity index (χ1) is 26.8. The van der Waals surface area contributed by atoms with E-state index in [-0.39, 0.29) is 31.1 Å². The number of carbonyl (C=O) groups is 3. The van der Waals surface area contributed by atoms with Crippen molar-refractivity contribution in [3.63, 3.8) is 0 Å². The second-order valence-electron chi connectivity index (χ2n) is 14.3. The lowest BCUT2D eigenvalue weighted by molar-refractivity contribution is -0.753. The van der Waals surface area contributed by atoms with E-state index < -0.39 is 53.1 Å². The summed E-state index contributed by atoms with van der Waals surface area (Å²) in [6, 6.07) is 13.7. The molecule has 3 aromatic heterocycles. The van der Waals surface area contributed by atoms with Gasteiger partial charge in [0.15, 0.2) is 0 Å². The molecule has 0 saturated heterocycles. The standard InChI is InChI=1S/C39H43BrF2N7O7S/c1-24(35-45-32(20-57-35)26-10-12-28(40)13-11-26)39(53,30-17-29(41)14-15-31(30)42)21-49-23-48(22-44-49)25(2)55-37(52)47(7)34-27(9-8-16-43-34)19-54-33(50)18-46(6)36(51)56-38(3,4)5/h8-17,20,22-25,53H,18-19,21H2,1-7H3/q+1/t24-,25?,39+/m0/s1. The van der Waals surface area contributed by atoms with Gasteiger partial charge in [-0.1, -0.05) is 41.1 Å². The number of aliphatic hydroxyl groups is 1. The Morgan fingerprint density at radius 2 is 1.77 bits per heavy atom. The minimum absolute atomic E-state index is 0.158. The van der Waals surface area contributed by atoms with Crippen molar-refractivity contribution in [2.24, 2.45) is 0 Å². The highest BCUT2D eigenvalue weighted by Gasteiger charge is 2.43. The van der Waals surface area contributed by atoms with E-state index in [2.05, 4.69) is 26.0 Å². The van der Waals surface area contributed by atoms with Crippen LogP contribution in [0.4, 0.5) is 24.2 Å². The minimum atomic E-state index is -2.03. The molecule has 1 unspecified atom stereocenters. The molecule has 3 atom stereocenters. The van der Waals surface area contributed by atoms with Crippen molar-refractivity contribution >= 4 is 51.2 Å². The molecule has 0 aliphatic rings. The van der Waals surface area contributed by atoms with Gasteiger partial charge in [-0.05, 0) is 57.2 Å². The molecule has 18 heteroatoms. The summed E-state index contributed by atoms with van der Waals surface area (Å²) in [5.74, 6) is -2.92. The van der Waals surface area contributed by atoms with E-state index in [1.807, 2.05) is 29.6 Å². The molecule has 5 rings (SSSR count). The SMILES string of the molecule is CC(OC(=O)N(C)c1ncccc1COC(=O)CN(C)C(=O)OC(C)(C)C)[n+]1cnn(C[C@](O)(c2cc(F)ccc2F)[C@@H](C)c2nc(-c3ccc(Br)cc3)cs2)c1. The van der Waals surface area contributed by atoms with E-state index in [0.717, 1.165) is 38.0 Å². The first-order valence-electron chi connectivity index (χ1n) is 17.6. The average molecular weight is 872 g/mol. The molecule has 2 aromatic carbocycles. The van der Waals surface area contributed by atoms with Crippen LogP contribution >= 0.6 is 27.3 Å². The van der Waals surface area contributed by atoms with Gasteiger partial charge in [-0.3, -0.25) is 9.69 Å². The number of thiazole rings is 1. The maximum absolute atomic E-state index is 15.4. The summed E-state index contributed by atoms with van der Waals surface area (Å²) in [7, 11) is 2.84. The normalized spacial score (nSPS) is 13.6. The topological polar surface area (TPSA) is 153 Å². The van der Waals surface area contributed by atoms with Crippen molar-refractivity contribution in [2.75, 3.05) is 25.5 Å². The fourth-order valence-electron chi connectivity index (χ4n) is 5.60. The Bertz CT molecular complexity index is 2220. The number of carbonyl (C=O) groups excluding carboxylic acids is 3. The lowest BCUT2D eigenvalue weighted by Crippen LogP contribution is -2.42. The molecule has 14 nitrogen and oxygen atoms in total. The number of likely N-dealkylation sites (N-methyl/N-ethyl adjacent to an activating group) is 1. The van der Waals surface area contributed by atoms with Crippen LogP contribution in [0.3, 0.4) is 0 Å². The molecule has 0 aliphatic heterocycles. The van der Waals surface area contributed by atoms with Gasteiger partial charge >= 0.3 is 18.2 Å². The lowest BCUT2D eigenvalue weighted by atomic mass is 9.82. The number of nitrogens with zero attached hydrogens (tertiary/aromatic N) is 7. The zero-order chi connectivity index (χ0) is 41.7. The summed E-state index contributed by atoms with van der Waals surface area (Å²) in [6.45, 7) is 7.46. The van der Waals surface area contributed by atoms with Gasteiger partial charge in [0, 0.05) is 64.8 Å². The smallest absolute Gasteiger partial charge is 0.418 e. The Labute approximate surface area is 340 Å². The lowest BCUT2D eigenvalue weighted by Gasteiger charge is -2.32. The average Bonchev–Trinajstić information content (AvgIpc) is 3.84. The molecule has 302 valence electrons. The van der Waals surface area contributed by atoms with E-state index in [4.69, 9.17) is 19.2 Å². The predicted octanol–water partition coefficient (Wildman–Crippen LogP) is 7.12. The first kappa shape index (κ1) is 42.8. The predicted molar refractivity (Wildman–Crippen MR) is 209 cm³/mol. The number of ether oxygens (including phenoxy) is 3. The number of hydrogen-bond acceptors (Lipinski definition) is 11. The Balaban J connectivity index is 1.28. The van der Waals surface area contributed by atoms with Crippen molar-refractivity contribution in [1.29, 1.82) is 0 Å². The number of rotatable bonds is 13. The van der Waals surface area contributed by atoms with Gasteiger partial charge in [0.25, 0.3) is 6.33 Å². The van der Waals surface area contributed by atoms with Crippen LogP contribution in [0.25, 0.3) is 11.3 Å². The summed E-state index contributed by atoms with van der Waals surface area (Å²) in [5.41, 5.74) is -1.14. The molecule has 0 spiro atoms. The number of pyridine rings is 1. The number of esters is 1. The molecule has 5 aromatic rings. The quantitative estimate of drug-likeness (QED) is 0.0736. The van der Waals surface area contributed by atoms with Crippen LogP contribution in [0.5, 0.6) is 0 Å². The molecular formula is C39H43BrF2N7O7S+. The minimum Gasteiger partial charge on any atom is -0.459 e. The molecule has 0 bridgehead atoms. The molecule has 0 fully saturated rings. The third-order valence-electron chi connectivity index (χ3n) is 8.76. The summed E-state index contributed by atoms with van der Waals surface area (Å²) in [6.07, 6.45) is 1.85. The third kappa shape index (κ3) is 10.7. The van der Waals surface area contributed by atoms with E-state index in [1.165, 1.54) is 53.5 Å². The molecule has 3 heterocycles. The van der Waals surface area contributed by atoms with Crippen LogP contribution in [0.1, 0.15) is 62.9 Å². The van der Waals surface area contributed by atoms with Crippen LogP contribution in [-0.4, -0.2) is 74.2 Å². The van der Waals surface area contributed by atoms with Gasteiger partial charge in [-0.2, -0.15) is 4.57 Å². The number of aromatic nitrogens is 5. The van der Waals surface area contributed by atoms with Crippen LogP contribution in [-0.2, 0) is 37.8 Å². The van der Waals surface area contributed by atoms with Crippen LogP contribution < -0.4 is 9.47 Å². The van der Waals surface area contributed by atoms with Gasteiger partial charge in [-0.15, -0.1) is 16.0 Å². The Hall–Kier alpha value is -5.33. The van der Waals surface area contributed by atoms with E-state index in [0.29, 0.717) is 16.3 Å². The highest BCUT2D eigenvalue weighted by molar-refractivity contribution is 9.10. The fourth-order valence-corrected chi connectivity index (χ4v) is 6.84. The van der Waals surface area contributed by atoms with Crippen molar-refractivity contribution in [3.8, 4) is 11.3 Å². The van der Waals surface area contributed by atoms with Crippen molar-refractivity contribution in [2.45, 2.75) is 71.1 Å². The van der Waals surface area contributed by atoms with E-state index in [9.17, 15) is 23.9 Å². The molecule has 57 heavy (non-hydrogen) atoms. The summed E-state index contributed by atoms with van der Waals surface area (Å²) < 4.78 is 50.0. The summed E-state index contributed by atoms with van der Waals surface area (Å²) >= 11 is 4.71. The number of benzene rings is 2. The number of hydrogen-bond donors (Lipinski definition) is 1. The second-order valence-corrected chi connectivity index (χ2v) is 16.1. The van der Waals surface area contributed by atoms with Crippen molar-refractivity contribution in [3.05, 3.63) is 111 Å². The maximum Gasteiger partial charge on any atom is 0.418 e. The Morgan fingerprint density at radius 1 is 1.05 bits per heavy atom. The highest BCUT2D eigenvalue weighted by atomic mass is 79.9. The summed E-state index contributed by atoms with van der Waals surface area (Å²) in [4.78, 5) is 49.3. The molecular weight excluding hydrogens is 828 g/mol. The molecule has 0 aliphatic carbocycles. The second kappa shape index (κ2) is 17.9. The largest absolute Gasteiger partial charge is 0.459 e. The fraction of sp³-hybridized carbons (Fsp3) is 0.359. The van der Waals surface area contributed by atoms with E-state index in [1.54, 1.807) is 46.8 Å². The Kier molecular flexibility index (Phi) is 13.4. The highest BCUT2D eigenvalue weighted by Crippen LogP contribution is 2.41. The van der Waals surface area contributed by atoms with Gasteiger partial charge in [0.05, 0.1) is 10.7 Å². The van der Waals surface area contributed by atoms with Crippen molar-refractivity contribution < 1.29 is 47.0 Å². The summed E-state index contributed by atoms with van der Waals surface area (Å²) in [5, 5.41) is 19.0. The van der Waals surface area contributed by atoms with Crippen LogP contribution in [0, 0.1) is 11.6 Å². The van der Waals surface area contributed by atoms with Crippen LogP contribution in [0.2, 0.25) is 0 Å². The number of anilines is 1. The van der Waals surface area contributed by atoms with Gasteiger partial charge < -0.3 is 24.2 Å². The van der Waals surface area contributed by atoms with Gasteiger partial charge in [-0.25, -0.2) is 28.3 Å². The molecule has 1 N–H and O–H groups in total. The molecule has 0 radical (unpaired) electrons. The number of amides is 2. The number of halogens is 3. The Morgan fingerprint density at radius 3 is 2.47 bits per heavy atom. The van der Waals surface area contributed by atoms with Gasteiger partial charge in [0.2, 0.25) is 12.6 Å². The maximum atomic E-state index is 15.4. The van der Waals surface area contributed by atoms with Crippen LogP contribution in [0.15, 0.2) is 83.3 Å². The van der Waals surface area contributed by atoms with Gasteiger partial charge in [0.1, 0.15) is 48.4 Å². The van der Waals surface area contributed by atoms with E-state index >= 15 is 4.39 Å². The molecule has 0 saturated carbocycles. The third-order valence-corrected chi connectivity index (χ3v) is 10.3. The molecule has 2 amide bonds. The van der Waals surface area contributed by atoms with Crippen molar-refractivity contribution in [1.82, 2.24) is 24.6 Å². The monoisotopic (exact) mass is 870 g/mol. The zero-order valence-corrected chi connectivity index (χ0v) is 34.8.